The Morgan fingerprint density at radius 2 is 1.03 bits per heavy atom. The second kappa shape index (κ2) is 13.1. The van der Waals surface area contributed by atoms with Crippen LogP contribution in [0.5, 0.6) is 0 Å². The third-order valence-corrected chi connectivity index (χ3v) is 14.1. The molecule has 0 amide bonds. The average Bonchev–Trinajstić information content (AvgIpc) is 2.92. The van der Waals surface area contributed by atoms with Crippen LogP contribution >= 0.6 is 34.8 Å². The molecule has 1 fully saturated rings. The van der Waals surface area contributed by atoms with Crippen LogP contribution in [-0.2, 0) is 9.47 Å². The molecule has 1 aliphatic rings. The van der Waals surface area contributed by atoms with Crippen molar-refractivity contribution in [3.8, 4) is 0 Å². The summed E-state index contributed by atoms with van der Waals surface area (Å²) in [4.78, 5) is 0. The van der Waals surface area contributed by atoms with Gasteiger partial charge < -0.3 is 9.47 Å². The molecule has 198 valence electrons. The second-order valence-corrected chi connectivity index (χ2v) is 15.8. The standard InChI is InChI=1S/C31H37Cl3O2Si/c1-35-22-31(23-36-2,24-6-4-3-5-7-24)20-21-37(28-14-8-25(32)9-15-28,29-16-10-26(33)11-17-29)30-18-12-27(34)13-19-30/h8-19,24H,3-7,20-23H2,1-2H3. The van der Waals surface area contributed by atoms with Gasteiger partial charge in [-0.25, -0.2) is 0 Å². The van der Waals surface area contributed by atoms with Gasteiger partial charge in [-0.05, 0) is 83.2 Å². The monoisotopic (exact) mass is 574 g/mol. The predicted octanol–water partition coefficient (Wildman–Crippen LogP) is 7.37. The van der Waals surface area contributed by atoms with Crippen LogP contribution in [0.4, 0.5) is 0 Å². The van der Waals surface area contributed by atoms with Gasteiger partial charge in [-0.2, -0.15) is 0 Å². The third-order valence-electron chi connectivity index (χ3n) is 8.34. The normalized spacial score (nSPS) is 15.2. The molecule has 37 heavy (non-hydrogen) atoms. The lowest BCUT2D eigenvalue weighted by Crippen LogP contribution is -2.67. The van der Waals surface area contributed by atoms with Gasteiger partial charge >= 0.3 is 0 Å². The van der Waals surface area contributed by atoms with E-state index in [1.54, 1.807) is 0 Å². The van der Waals surface area contributed by atoms with Crippen molar-refractivity contribution in [2.75, 3.05) is 27.4 Å². The average molecular weight is 576 g/mol. The molecule has 0 aliphatic heterocycles. The number of benzene rings is 3. The molecule has 0 heterocycles. The van der Waals surface area contributed by atoms with Crippen LogP contribution < -0.4 is 15.6 Å². The minimum atomic E-state index is -2.51. The summed E-state index contributed by atoms with van der Waals surface area (Å²) in [6, 6.07) is 26.4. The Kier molecular flexibility index (Phi) is 10.2. The van der Waals surface area contributed by atoms with E-state index < -0.39 is 8.07 Å². The Balaban J connectivity index is 1.88. The molecule has 0 radical (unpaired) electrons. The van der Waals surface area contributed by atoms with E-state index in [-0.39, 0.29) is 5.41 Å². The molecule has 3 aromatic rings. The molecular weight excluding hydrogens is 539 g/mol. The van der Waals surface area contributed by atoms with E-state index in [4.69, 9.17) is 44.3 Å². The van der Waals surface area contributed by atoms with E-state index in [1.807, 2.05) is 50.6 Å². The zero-order valence-corrected chi connectivity index (χ0v) is 25.1. The number of hydrogen-bond acceptors (Lipinski definition) is 2. The lowest BCUT2D eigenvalue weighted by molar-refractivity contribution is -0.0433. The molecule has 0 unspecified atom stereocenters. The predicted molar refractivity (Wildman–Crippen MR) is 161 cm³/mol. The maximum atomic E-state index is 6.38. The molecule has 2 nitrogen and oxygen atoms in total. The van der Waals surface area contributed by atoms with Crippen LogP contribution in [0.15, 0.2) is 72.8 Å². The molecule has 0 saturated heterocycles. The van der Waals surface area contributed by atoms with Gasteiger partial charge in [-0.1, -0.05) is 90.5 Å². The Morgan fingerprint density at radius 1 is 0.649 bits per heavy atom. The number of rotatable bonds is 11. The Bertz CT molecular complexity index is 994. The first kappa shape index (κ1) is 28.7. The van der Waals surface area contributed by atoms with Gasteiger partial charge in [0.15, 0.2) is 0 Å². The highest BCUT2D eigenvalue weighted by atomic mass is 35.5. The second-order valence-electron chi connectivity index (χ2n) is 10.5. The molecule has 0 aromatic heterocycles. The van der Waals surface area contributed by atoms with Gasteiger partial charge in [0.2, 0.25) is 0 Å². The van der Waals surface area contributed by atoms with Crippen LogP contribution in [0.25, 0.3) is 0 Å². The van der Waals surface area contributed by atoms with Crippen LogP contribution in [0.3, 0.4) is 0 Å². The zero-order valence-electron chi connectivity index (χ0n) is 21.8. The molecule has 0 N–H and O–H groups in total. The van der Waals surface area contributed by atoms with E-state index in [0.29, 0.717) is 19.1 Å². The van der Waals surface area contributed by atoms with Crippen molar-refractivity contribution >= 4 is 58.4 Å². The van der Waals surface area contributed by atoms with Crippen molar-refractivity contribution in [1.29, 1.82) is 0 Å². The van der Waals surface area contributed by atoms with E-state index in [9.17, 15) is 0 Å². The van der Waals surface area contributed by atoms with Crippen LogP contribution in [0, 0.1) is 11.3 Å². The molecular formula is C31H37Cl3O2Si. The Labute approximate surface area is 238 Å². The Morgan fingerprint density at radius 3 is 1.38 bits per heavy atom. The van der Waals surface area contributed by atoms with Gasteiger partial charge in [0.25, 0.3) is 0 Å². The van der Waals surface area contributed by atoms with Crippen molar-refractivity contribution in [2.24, 2.45) is 11.3 Å². The van der Waals surface area contributed by atoms with Gasteiger partial charge in [0.1, 0.15) is 8.07 Å². The molecule has 6 heteroatoms. The molecule has 1 aliphatic carbocycles. The highest BCUT2D eigenvalue weighted by molar-refractivity contribution is 7.11. The molecule has 4 rings (SSSR count). The summed E-state index contributed by atoms with van der Waals surface area (Å²) in [5.41, 5.74) is -0.0343. The maximum absolute atomic E-state index is 6.38. The lowest BCUT2D eigenvalue weighted by Gasteiger charge is -2.44. The molecule has 0 atom stereocenters. The van der Waals surface area contributed by atoms with Crippen LogP contribution in [0.1, 0.15) is 38.5 Å². The summed E-state index contributed by atoms with van der Waals surface area (Å²) < 4.78 is 11.9. The Hall–Kier alpha value is -1.33. The fourth-order valence-corrected chi connectivity index (χ4v) is 11.8. The summed E-state index contributed by atoms with van der Waals surface area (Å²) in [6.07, 6.45) is 7.39. The number of halogens is 3. The van der Waals surface area contributed by atoms with Crippen molar-refractivity contribution in [1.82, 2.24) is 0 Å². The fourth-order valence-electron chi connectivity index (χ4n) is 6.49. The fraction of sp³-hybridized carbons (Fsp3) is 0.419. The summed E-state index contributed by atoms with van der Waals surface area (Å²) in [5.74, 6) is 0.591. The molecule has 3 aromatic carbocycles. The van der Waals surface area contributed by atoms with Gasteiger partial charge in [-0.15, -0.1) is 0 Å². The first-order valence-corrected chi connectivity index (χ1v) is 16.5. The lowest BCUT2D eigenvalue weighted by atomic mass is 9.68. The van der Waals surface area contributed by atoms with E-state index in [0.717, 1.165) is 27.5 Å². The van der Waals surface area contributed by atoms with Crippen molar-refractivity contribution in [2.45, 2.75) is 44.6 Å². The summed E-state index contributed by atoms with van der Waals surface area (Å²) in [7, 11) is 1.15. The minimum Gasteiger partial charge on any atom is -0.384 e. The SMILES string of the molecule is COCC(CC[Si](c1ccc(Cl)cc1)(c1ccc(Cl)cc1)c1ccc(Cl)cc1)(COC)C1CCCCC1. The van der Waals surface area contributed by atoms with Crippen LogP contribution in [0.2, 0.25) is 21.1 Å². The summed E-state index contributed by atoms with van der Waals surface area (Å²) >= 11 is 19.1. The first-order chi connectivity index (χ1) is 17.9. The topological polar surface area (TPSA) is 18.5 Å². The van der Waals surface area contributed by atoms with Crippen molar-refractivity contribution in [3.63, 3.8) is 0 Å². The minimum absolute atomic E-state index is 0.0343. The first-order valence-electron chi connectivity index (χ1n) is 13.2. The zero-order chi connectivity index (χ0) is 26.3. The van der Waals surface area contributed by atoms with Crippen LogP contribution in [-0.4, -0.2) is 35.5 Å². The highest BCUT2D eigenvalue weighted by Gasteiger charge is 2.45. The number of methoxy groups -OCH3 is 2. The van der Waals surface area contributed by atoms with E-state index in [1.165, 1.54) is 47.7 Å². The third kappa shape index (κ3) is 6.46. The maximum Gasteiger partial charge on any atom is 0.148 e. The van der Waals surface area contributed by atoms with E-state index in [2.05, 4.69) is 36.4 Å². The molecule has 0 spiro atoms. The molecule has 1 saturated carbocycles. The smallest absolute Gasteiger partial charge is 0.148 e. The van der Waals surface area contributed by atoms with E-state index >= 15 is 0 Å². The molecule has 0 bridgehead atoms. The largest absolute Gasteiger partial charge is 0.384 e. The number of ether oxygens (including phenoxy) is 2. The quantitative estimate of drug-likeness (QED) is 0.176. The summed E-state index contributed by atoms with van der Waals surface area (Å²) in [6.45, 7) is 1.41. The number of hydrogen-bond donors (Lipinski definition) is 0. The van der Waals surface area contributed by atoms with Gasteiger partial charge in [0.05, 0.1) is 13.2 Å². The highest BCUT2D eigenvalue weighted by Crippen LogP contribution is 2.44. The van der Waals surface area contributed by atoms with Crippen molar-refractivity contribution < 1.29 is 9.47 Å². The van der Waals surface area contributed by atoms with Gasteiger partial charge in [0, 0.05) is 34.7 Å². The van der Waals surface area contributed by atoms with Gasteiger partial charge in [-0.3, -0.25) is 0 Å². The van der Waals surface area contributed by atoms with Crippen molar-refractivity contribution in [3.05, 3.63) is 87.9 Å². The summed E-state index contributed by atoms with van der Waals surface area (Å²) in [5, 5.41) is 6.22.